The molecule has 4 rings (SSSR count). The van der Waals surface area contributed by atoms with Crippen LogP contribution in [0, 0.1) is 0 Å². The smallest absolute Gasteiger partial charge is 0.257 e. The fraction of sp³-hybridized carbons (Fsp3) is 0.500. The SMILES string of the molecule is O=C(c1cccnc1N1CCCCC1)N1CCN(Cc2ccc(Cl)s2)CC1. The van der Waals surface area contributed by atoms with Crippen molar-refractivity contribution in [3.8, 4) is 0 Å². The van der Waals surface area contributed by atoms with Gasteiger partial charge in [-0.05, 0) is 43.5 Å². The van der Waals surface area contributed by atoms with Gasteiger partial charge < -0.3 is 9.80 Å². The molecular formula is C20H25ClN4OS. The number of nitrogens with zero attached hydrogens (tertiary/aromatic N) is 4. The summed E-state index contributed by atoms with van der Waals surface area (Å²) >= 11 is 7.66. The first-order valence-corrected chi connectivity index (χ1v) is 10.9. The normalized spacial score (nSPS) is 18.7. The van der Waals surface area contributed by atoms with Gasteiger partial charge in [0.25, 0.3) is 5.91 Å². The van der Waals surface area contributed by atoms with E-state index in [0.717, 1.165) is 61.5 Å². The third-order valence-corrected chi connectivity index (χ3v) is 6.56. The summed E-state index contributed by atoms with van der Waals surface area (Å²) < 4.78 is 0.834. The van der Waals surface area contributed by atoms with Crippen molar-refractivity contribution in [2.24, 2.45) is 0 Å². The van der Waals surface area contributed by atoms with Crippen molar-refractivity contribution in [2.45, 2.75) is 25.8 Å². The average Bonchev–Trinajstić information content (AvgIpc) is 3.13. The van der Waals surface area contributed by atoms with Gasteiger partial charge in [-0.3, -0.25) is 9.69 Å². The van der Waals surface area contributed by atoms with E-state index in [4.69, 9.17) is 11.6 Å². The Labute approximate surface area is 169 Å². The summed E-state index contributed by atoms with van der Waals surface area (Å²) in [5.41, 5.74) is 0.748. The zero-order chi connectivity index (χ0) is 18.6. The van der Waals surface area contributed by atoms with Gasteiger partial charge in [-0.2, -0.15) is 0 Å². The number of piperidine rings is 1. The van der Waals surface area contributed by atoms with Crippen LogP contribution in [0.2, 0.25) is 4.34 Å². The highest BCUT2D eigenvalue weighted by Crippen LogP contribution is 2.25. The van der Waals surface area contributed by atoms with E-state index in [-0.39, 0.29) is 5.91 Å². The fourth-order valence-corrected chi connectivity index (χ4v) is 4.99. The molecule has 4 heterocycles. The molecule has 2 fully saturated rings. The van der Waals surface area contributed by atoms with Crippen molar-refractivity contribution in [2.75, 3.05) is 44.2 Å². The number of aromatic nitrogens is 1. The first kappa shape index (κ1) is 18.7. The molecule has 2 aliphatic rings. The Morgan fingerprint density at radius 3 is 2.52 bits per heavy atom. The molecule has 0 atom stereocenters. The minimum atomic E-state index is 0.113. The lowest BCUT2D eigenvalue weighted by molar-refractivity contribution is 0.0630. The molecular weight excluding hydrogens is 380 g/mol. The van der Waals surface area contributed by atoms with E-state index in [1.54, 1.807) is 17.5 Å². The standard InChI is InChI=1S/C20H25ClN4OS/c21-18-7-6-16(27-18)15-23-11-13-25(14-12-23)20(26)17-5-4-8-22-19(17)24-9-2-1-3-10-24/h4-8H,1-3,9-15H2. The lowest BCUT2D eigenvalue weighted by atomic mass is 10.1. The molecule has 27 heavy (non-hydrogen) atoms. The summed E-state index contributed by atoms with van der Waals surface area (Å²) in [5.74, 6) is 0.973. The zero-order valence-electron chi connectivity index (χ0n) is 15.4. The quantitative estimate of drug-likeness (QED) is 0.778. The Morgan fingerprint density at radius 1 is 1.04 bits per heavy atom. The Kier molecular flexibility index (Phi) is 5.95. The highest BCUT2D eigenvalue weighted by molar-refractivity contribution is 7.16. The van der Waals surface area contributed by atoms with Crippen LogP contribution in [0.1, 0.15) is 34.5 Å². The van der Waals surface area contributed by atoms with Gasteiger partial charge in [-0.15, -0.1) is 11.3 Å². The summed E-state index contributed by atoms with van der Waals surface area (Å²) in [6.45, 7) is 6.19. The van der Waals surface area contributed by atoms with Gasteiger partial charge in [0.1, 0.15) is 5.82 Å². The van der Waals surface area contributed by atoms with E-state index in [1.165, 1.54) is 24.1 Å². The molecule has 1 amide bonds. The minimum absolute atomic E-state index is 0.113. The molecule has 0 N–H and O–H groups in total. The second kappa shape index (κ2) is 8.59. The van der Waals surface area contributed by atoms with E-state index in [9.17, 15) is 4.79 Å². The van der Waals surface area contributed by atoms with E-state index < -0.39 is 0 Å². The van der Waals surface area contributed by atoms with Gasteiger partial charge >= 0.3 is 0 Å². The van der Waals surface area contributed by atoms with Crippen molar-refractivity contribution in [3.05, 3.63) is 45.2 Å². The molecule has 0 spiro atoms. The van der Waals surface area contributed by atoms with Crippen molar-refractivity contribution >= 4 is 34.7 Å². The van der Waals surface area contributed by atoms with Crippen LogP contribution in [-0.2, 0) is 6.54 Å². The summed E-state index contributed by atoms with van der Waals surface area (Å²) in [7, 11) is 0. The fourth-order valence-electron chi connectivity index (χ4n) is 3.86. The van der Waals surface area contributed by atoms with Crippen molar-refractivity contribution in [1.82, 2.24) is 14.8 Å². The number of rotatable bonds is 4. The minimum Gasteiger partial charge on any atom is -0.356 e. The summed E-state index contributed by atoms with van der Waals surface area (Å²) in [5, 5.41) is 0. The van der Waals surface area contributed by atoms with Crippen LogP contribution in [0.5, 0.6) is 0 Å². The average molecular weight is 405 g/mol. The molecule has 0 saturated carbocycles. The van der Waals surface area contributed by atoms with Gasteiger partial charge in [0, 0.05) is 56.9 Å². The monoisotopic (exact) mass is 404 g/mol. The molecule has 2 saturated heterocycles. The van der Waals surface area contributed by atoms with Crippen molar-refractivity contribution in [1.29, 1.82) is 0 Å². The number of thiophene rings is 1. The summed E-state index contributed by atoms with van der Waals surface area (Å²) in [6.07, 6.45) is 5.42. The first-order chi connectivity index (χ1) is 13.2. The predicted molar refractivity (Wildman–Crippen MR) is 111 cm³/mol. The van der Waals surface area contributed by atoms with Gasteiger partial charge in [0.05, 0.1) is 9.90 Å². The van der Waals surface area contributed by atoms with E-state index in [0.29, 0.717) is 0 Å². The molecule has 7 heteroatoms. The topological polar surface area (TPSA) is 39.7 Å². The van der Waals surface area contributed by atoms with Gasteiger partial charge in [0.15, 0.2) is 0 Å². The Bertz CT molecular complexity index is 782. The predicted octanol–water partition coefficient (Wildman–Crippen LogP) is 3.74. The summed E-state index contributed by atoms with van der Waals surface area (Å²) in [4.78, 5) is 25.6. The number of carbonyl (C=O) groups excluding carboxylic acids is 1. The molecule has 0 radical (unpaired) electrons. The lowest BCUT2D eigenvalue weighted by Gasteiger charge is -2.35. The van der Waals surface area contributed by atoms with E-state index in [2.05, 4.69) is 20.9 Å². The largest absolute Gasteiger partial charge is 0.356 e. The molecule has 2 aromatic rings. The number of piperazine rings is 1. The van der Waals surface area contributed by atoms with Gasteiger partial charge in [-0.25, -0.2) is 4.98 Å². The highest BCUT2D eigenvalue weighted by atomic mass is 35.5. The zero-order valence-corrected chi connectivity index (χ0v) is 17.0. The number of anilines is 1. The number of hydrogen-bond donors (Lipinski definition) is 0. The maximum atomic E-state index is 13.2. The number of amides is 1. The van der Waals surface area contributed by atoms with Crippen LogP contribution >= 0.6 is 22.9 Å². The van der Waals surface area contributed by atoms with Crippen molar-refractivity contribution < 1.29 is 4.79 Å². The number of pyridine rings is 1. The molecule has 0 bridgehead atoms. The van der Waals surface area contributed by atoms with Crippen LogP contribution in [0.4, 0.5) is 5.82 Å². The van der Waals surface area contributed by atoms with Crippen LogP contribution in [-0.4, -0.2) is 60.0 Å². The maximum Gasteiger partial charge on any atom is 0.257 e. The number of halogens is 1. The first-order valence-electron chi connectivity index (χ1n) is 9.66. The molecule has 0 unspecified atom stereocenters. The number of hydrogen-bond acceptors (Lipinski definition) is 5. The van der Waals surface area contributed by atoms with Crippen LogP contribution in [0.25, 0.3) is 0 Å². The third-order valence-electron chi connectivity index (χ3n) is 5.34. The third kappa shape index (κ3) is 4.45. The van der Waals surface area contributed by atoms with Crippen molar-refractivity contribution in [3.63, 3.8) is 0 Å². The maximum absolute atomic E-state index is 13.2. The Balaban J connectivity index is 1.39. The highest BCUT2D eigenvalue weighted by Gasteiger charge is 2.26. The number of carbonyl (C=O) groups is 1. The Morgan fingerprint density at radius 2 is 1.81 bits per heavy atom. The second-order valence-electron chi connectivity index (χ2n) is 7.20. The van der Waals surface area contributed by atoms with Crippen LogP contribution in [0.15, 0.2) is 30.5 Å². The molecule has 0 aliphatic carbocycles. The van der Waals surface area contributed by atoms with E-state index in [1.807, 2.05) is 23.1 Å². The molecule has 5 nitrogen and oxygen atoms in total. The summed E-state index contributed by atoms with van der Waals surface area (Å²) in [6, 6.07) is 7.84. The van der Waals surface area contributed by atoms with Gasteiger partial charge in [0.2, 0.25) is 0 Å². The Hall–Kier alpha value is -1.63. The van der Waals surface area contributed by atoms with Gasteiger partial charge in [-0.1, -0.05) is 11.6 Å². The molecule has 2 aromatic heterocycles. The molecule has 0 aromatic carbocycles. The molecule has 144 valence electrons. The molecule has 2 aliphatic heterocycles. The van der Waals surface area contributed by atoms with Crippen LogP contribution < -0.4 is 4.90 Å². The van der Waals surface area contributed by atoms with Crippen LogP contribution in [0.3, 0.4) is 0 Å². The second-order valence-corrected chi connectivity index (χ2v) is 9.00. The van der Waals surface area contributed by atoms with E-state index >= 15 is 0 Å². The lowest BCUT2D eigenvalue weighted by Crippen LogP contribution is -2.48.